The minimum Gasteiger partial charge on any atom is -0.444 e. The molecule has 1 aromatic carbocycles. The van der Waals surface area contributed by atoms with Gasteiger partial charge in [0.25, 0.3) is 23.2 Å². The van der Waals surface area contributed by atoms with Gasteiger partial charge in [0.05, 0.1) is 31.0 Å². The number of amides is 2. The van der Waals surface area contributed by atoms with Crippen LogP contribution in [0.3, 0.4) is 0 Å². The molecule has 2 aliphatic carbocycles. The first-order chi connectivity index (χ1) is 27.8. The van der Waals surface area contributed by atoms with Gasteiger partial charge in [-0.25, -0.2) is 18.0 Å². The van der Waals surface area contributed by atoms with Crippen molar-refractivity contribution in [3.63, 3.8) is 0 Å². The third-order valence-electron chi connectivity index (χ3n) is 8.61. The van der Waals surface area contributed by atoms with Crippen LogP contribution in [0.25, 0.3) is 11.1 Å². The average molecular weight is 810 g/mol. The molecule has 0 fully saturated rings. The standard InChI is InChI=1S/C24H16F3N5O3.C16H18N4O3.CH4/c25-17-9-13(10-18(26)21(17)27)12-32-8-2-4-16(24(32)34)22(33)29-11-20-30-23(35-31-20)15-5-6-19-14(15)3-1-7-28-19;1-16(2,3)22-15(21)18-9-13-19-14(23-20-13)11-6-7-12-10(11)5-4-8-17-12;/h1-5,7-10H,6,11-12H2,(H,29,33);4-6,8H,7,9H2,1-3H3,(H,18,21);1H4. The van der Waals surface area contributed by atoms with Crippen molar-refractivity contribution < 1.29 is 36.5 Å². The van der Waals surface area contributed by atoms with E-state index in [1.54, 1.807) is 33.2 Å². The van der Waals surface area contributed by atoms with Crippen molar-refractivity contribution in [3.8, 4) is 0 Å². The van der Waals surface area contributed by atoms with E-state index in [2.05, 4.69) is 40.9 Å². The number of hydrogen-bond donors (Lipinski definition) is 2. The fourth-order valence-corrected chi connectivity index (χ4v) is 6.03. The Morgan fingerprint density at radius 3 is 1.90 bits per heavy atom. The first-order valence-corrected chi connectivity index (χ1v) is 17.9. The summed E-state index contributed by atoms with van der Waals surface area (Å²) >= 11 is 0. The lowest BCUT2D eigenvalue weighted by Crippen LogP contribution is -2.33. The normalized spacial score (nSPS) is 12.6. The van der Waals surface area contributed by atoms with Crippen LogP contribution in [0.1, 0.15) is 90.1 Å². The summed E-state index contributed by atoms with van der Waals surface area (Å²) in [6, 6.07) is 11.9. The summed E-state index contributed by atoms with van der Waals surface area (Å²) in [7, 11) is 0. The number of ether oxygens (including phenoxy) is 1. The number of rotatable bonds is 9. The topological polar surface area (TPSA) is 193 Å². The molecule has 18 heteroatoms. The smallest absolute Gasteiger partial charge is 0.408 e. The van der Waals surface area contributed by atoms with Crippen molar-refractivity contribution in [2.24, 2.45) is 0 Å². The number of nitrogens with zero attached hydrogens (tertiary/aromatic N) is 7. The first-order valence-electron chi connectivity index (χ1n) is 17.9. The average Bonchev–Trinajstić information content (AvgIpc) is 4.02. The number of hydrogen-bond acceptors (Lipinski definition) is 12. The number of nitrogens with one attached hydrogen (secondary N) is 2. The maximum absolute atomic E-state index is 13.5. The molecule has 59 heavy (non-hydrogen) atoms. The van der Waals surface area contributed by atoms with Crippen molar-refractivity contribution >= 4 is 23.1 Å². The fraction of sp³-hybridized carbons (Fsp3) is 0.244. The second-order valence-corrected chi connectivity index (χ2v) is 13.9. The van der Waals surface area contributed by atoms with Gasteiger partial charge in [0, 0.05) is 53.7 Å². The number of carbonyl (C=O) groups is 2. The number of benzene rings is 1. The summed E-state index contributed by atoms with van der Waals surface area (Å²) in [5.74, 6) is -3.70. The summed E-state index contributed by atoms with van der Waals surface area (Å²) in [6.07, 6.45) is 9.65. The SMILES string of the molecule is C.CC(C)(C)OC(=O)NCc1noc(C2=CCc3ncccc32)n1.O=C(NCc1noc(C2=CCc3ncccc32)n1)c1cccn(Cc2cc(F)c(F)c(F)c2)c1=O. The van der Waals surface area contributed by atoms with E-state index < -0.39 is 40.6 Å². The molecule has 8 rings (SSSR count). The number of alkyl carbamates (subject to hydrolysis) is 1. The third kappa shape index (κ3) is 9.66. The van der Waals surface area contributed by atoms with Crippen LogP contribution in [0, 0.1) is 17.5 Å². The molecule has 304 valence electrons. The van der Waals surface area contributed by atoms with E-state index in [0.29, 0.717) is 24.0 Å². The number of halogens is 3. The number of aromatic nitrogens is 7. The van der Waals surface area contributed by atoms with E-state index in [4.69, 9.17) is 13.8 Å². The molecule has 0 bridgehead atoms. The van der Waals surface area contributed by atoms with Crippen LogP contribution in [0.2, 0.25) is 0 Å². The van der Waals surface area contributed by atoms with Crippen molar-refractivity contribution in [1.82, 2.24) is 45.4 Å². The minimum atomic E-state index is -1.59. The fourth-order valence-electron chi connectivity index (χ4n) is 6.03. The molecule has 0 radical (unpaired) electrons. The maximum atomic E-state index is 13.5. The third-order valence-corrected chi connectivity index (χ3v) is 8.61. The maximum Gasteiger partial charge on any atom is 0.408 e. The summed E-state index contributed by atoms with van der Waals surface area (Å²) < 4.78 is 57.0. The lowest BCUT2D eigenvalue weighted by molar-refractivity contribution is 0.0521. The molecule has 2 amide bonds. The van der Waals surface area contributed by atoms with E-state index in [1.165, 1.54) is 18.3 Å². The van der Waals surface area contributed by atoms with Crippen molar-refractivity contribution in [1.29, 1.82) is 0 Å². The second-order valence-electron chi connectivity index (χ2n) is 13.9. The molecule has 0 saturated heterocycles. The first kappa shape index (κ1) is 41.4. The van der Waals surface area contributed by atoms with Gasteiger partial charge in [-0.3, -0.25) is 19.6 Å². The van der Waals surface area contributed by atoms with E-state index >= 15 is 0 Å². The van der Waals surface area contributed by atoms with Crippen LogP contribution < -0.4 is 16.2 Å². The van der Waals surface area contributed by atoms with Crippen LogP contribution in [0.4, 0.5) is 18.0 Å². The Hall–Kier alpha value is -7.24. The van der Waals surface area contributed by atoms with Crippen LogP contribution in [0.5, 0.6) is 0 Å². The molecule has 6 aromatic rings. The molecule has 0 aliphatic heterocycles. The van der Waals surface area contributed by atoms with Gasteiger partial charge in [-0.05, 0) is 62.7 Å². The predicted octanol–water partition coefficient (Wildman–Crippen LogP) is 6.12. The van der Waals surface area contributed by atoms with E-state index in [0.717, 1.165) is 56.8 Å². The molecule has 2 aliphatic rings. The monoisotopic (exact) mass is 809 g/mol. The Kier molecular flexibility index (Phi) is 12.3. The van der Waals surface area contributed by atoms with Gasteiger partial charge in [-0.15, -0.1) is 0 Å². The van der Waals surface area contributed by atoms with Gasteiger partial charge < -0.3 is 29.0 Å². The van der Waals surface area contributed by atoms with Gasteiger partial charge in [-0.1, -0.05) is 42.0 Å². The van der Waals surface area contributed by atoms with Crippen LogP contribution in [-0.4, -0.2) is 52.4 Å². The minimum absolute atomic E-state index is 0. The highest BCUT2D eigenvalue weighted by Crippen LogP contribution is 2.31. The lowest BCUT2D eigenvalue weighted by atomic mass is 10.1. The zero-order chi connectivity index (χ0) is 41.0. The van der Waals surface area contributed by atoms with Crippen LogP contribution in [0.15, 0.2) is 93.1 Å². The Balaban J connectivity index is 0.000000212. The predicted molar refractivity (Wildman–Crippen MR) is 206 cm³/mol. The van der Waals surface area contributed by atoms with E-state index in [1.807, 2.05) is 36.4 Å². The molecule has 0 saturated carbocycles. The highest BCUT2D eigenvalue weighted by atomic mass is 19.2. The molecule has 2 N–H and O–H groups in total. The molecular weight excluding hydrogens is 772 g/mol. The van der Waals surface area contributed by atoms with Gasteiger partial charge in [-0.2, -0.15) is 9.97 Å². The number of fused-ring (bicyclic) bond motifs is 2. The van der Waals surface area contributed by atoms with E-state index in [9.17, 15) is 27.6 Å². The molecular formula is C41H38F3N9O6. The van der Waals surface area contributed by atoms with Crippen molar-refractivity contribution in [2.45, 2.75) is 66.3 Å². The van der Waals surface area contributed by atoms with Gasteiger partial charge in [0.15, 0.2) is 29.1 Å². The molecule has 5 aromatic heterocycles. The second kappa shape index (κ2) is 17.5. The van der Waals surface area contributed by atoms with Crippen molar-refractivity contribution in [2.75, 3.05) is 0 Å². The van der Waals surface area contributed by atoms with Crippen LogP contribution >= 0.6 is 0 Å². The van der Waals surface area contributed by atoms with Crippen LogP contribution in [-0.2, 0) is 37.2 Å². The molecule has 15 nitrogen and oxygen atoms in total. The zero-order valence-electron chi connectivity index (χ0n) is 31.3. The van der Waals surface area contributed by atoms with Gasteiger partial charge in [0.1, 0.15) is 11.2 Å². The Labute approximate surface area is 335 Å². The number of allylic oxidation sites excluding steroid dienone is 2. The Bertz CT molecular complexity index is 2620. The van der Waals surface area contributed by atoms with Gasteiger partial charge in [0.2, 0.25) is 0 Å². The quantitative estimate of drug-likeness (QED) is 0.159. The summed E-state index contributed by atoms with van der Waals surface area (Å²) in [5.41, 5.74) is 4.04. The molecule has 5 heterocycles. The number of pyridine rings is 3. The highest BCUT2D eigenvalue weighted by Gasteiger charge is 2.24. The molecule has 0 spiro atoms. The lowest BCUT2D eigenvalue weighted by Gasteiger charge is -2.19. The van der Waals surface area contributed by atoms with E-state index in [-0.39, 0.29) is 44.0 Å². The van der Waals surface area contributed by atoms with Gasteiger partial charge >= 0.3 is 6.09 Å². The largest absolute Gasteiger partial charge is 0.444 e. The molecule has 0 unspecified atom stereocenters. The highest BCUT2D eigenvalue weighted by molar-refractivity contribution is 5.93. The summed E-state index contributed by atoms with van der Waals surface area (Å²) in [6.45, 7) is 5.20. The number of carbonyl (C=O) groups excluding carboxylic acids is 2. The Morgan fingerprint density at radius 1 is 0.814 bits per heavy atom. The van der Waals surface area contributed by atoms with Crippen molar-refractivity contribution in [3.05, 3.63) is 164 Å². The molecule has 0 atom stereocenters. The Morgan fingerprint density at radius 2 is 1.36 bits per heavy atom. The summed E-state index contributed by atoms with van der Waals surface area (Å²) in [5, 5.41) is 12.9. The zero-order valence-corrected chi connectivity index (χ0v) is 31.3. The summed E-state index contributed by atoms with van der Waals surface area (Å²) in [4.78, 5) is 54.2.